The monoisotopic (exact) mass is 668 g/mol. The molecule has 0 heterocycles. The Morgan fingerprint density at radius 3 is 1.81 bits per heavy atom. The third kappa shape index (κ3) is 8.99. The quantitative estimate of drug-likeness (QED) is 0.150. The molecule has 2 fully saturated rings. The molecule has 5 rings (SSSR count). The van der Waals surface area contributed by atoms with Gasteiger partial charge in [0.2, 0.25) is 5.75 Å². The zero-order valence-corrected chi connectivity index (χ0v) is 26.3. The molecule has 0 amide bonds. The summed E-state index contributed by atoms with van der Waals surface area (Å²) in [6.07, 6.45) is 1.28. The molecule has 10 heteroatoms. The molecule has 3 aromatic carbocycles. The van der Waals surface area contributed by atoms with Gasteiger partial charge in [0.1, 0.15) is 11.6 Å². The summed E-state index contributed by atoms with van der Waals surface area (Å²) in [4.78, 5) is 0. The molecule has 0 aliphatic heterocycles. The Morgan fingerprint density at radius 2 is 1.23 bits per heavy atom. The Hall–Kier alpha value is -3.30. The van der Waals surface area contributed by atoms with Crippen LogP contribution in [0.1, 0.15) is 107 Å². The second-order valence-electron chi connectivity index (χ2n) is 13.0. The highest BCUT2D eigenvalue weighted by molar-refractivity contribution is 5.64. The Kier molecular flexibility index (Phi) is 11.1. The molecule has 0 unspecified atom stereocenters. The van der Waals surface area contributed by atoms with Gasteiger partial charge in [-0.05, 0) is 97.4 Å². The van der Waals surface area contributed by atoms with Gasteiger partial charge in [-0.25, -0.2) is 13.2 Å². The topological polar surface area (TPSA) is 18.5 Å². The van der Waals surface area contributed by atoms with Crippen LogP contribution in [-0.2, 0) is 0 Å². The third-order valence-electron chi connectivity index (χ3n) is 9.86. The van der Waals surface area contributed by atoms with Crippen LogP contribution in [0.2, 0.25) is 0 Å². The first-order valence-corrected chi connectivity index (χ1v) is 16.5. The summed E-state index contributed by atoms with van der Waals surface area (Å²) in [5.74, 6) is -7.05. The number of hydrogen-bond donors (Lipinski definition) is 0. The van der Waals surface area contributed by atoms with E-state index in [1.165, 1.54) is 63.0 Å². The SMILES string of the molecule is CCCCCC1CCC(c2ccc(-c3ccc(C4CCC(C(F)(F)Oc5cc(F)c(OC(F)(F)F)c(F)c5)CC4)c(F)c3)cc2)CC1. The van der Waals surface area contributed by atoms with Crippen molar-refractivity contribution in [1.82, 2.24) is 0 Å². The standard InChI is InChI=1S/C37H40F8O2/c1-2-3-4-5-23-6-8-24(9-7-23)25-10-12-26(13-11-25)28-16-19-31(32(38)20-28)27-14-17-29(18-15-27)36(41,42)46-30-21-33(39)35(34(40)22-30)47-37(43,44)45/h10-13,16,19-24,27,29H,2-9,14-15,17-18H2,1H3. The molecular weight excluding hydrogens is 628 g/mol. The van der Waals surface area contributed by atoms with Crippen molar-refractivity contribution in [2.45, 2.75) is 108 Å². The van der Waals surface area contributed by atoms with Gasteiger partial charge in [-0.3, -0.25) is 0 Å². The van der Waals surface area contributed by atoms with E-state index in [2.05, 4.69) is 28.5 Å². The predicted molar refractivity (Wildman–Crippen MR) is 164 cm³/mol. The number of unbranched alkanes of at least 4 members (excludes halogenated alkanes) is 2. The molecule has 0 bridgehead atoms. The highest BCUT2D eigenvalue weighted by Gasteiger charge is 2.45. The molecule has 0 radical (unpaired) electrons. The van der Waals surface area contributed by atoms with Gasteiger partial charge < -0.3 is 9.47 Å². The molecule has 0 aromatic heterocycles. The van der Waals surface area contributed by atoms with Gasteiger partial charge in [-0.1, -0.05) is 69.0 Å². The lowest BCUT2D eigenvalue weighted by atomic mass is 9.77. The summed E-state index contributed by atoms with van der Waals surface area (Å²) in [5, 5.41) is 0. The maximum atomic E-state index is 15.3. The van der Waals surface area contributed by atoms with Crippen LogP contribution in [-0.4, -0.2) is 12.5 Å². The Balaban J connectivity index is 1.15. The van der Waals surface area contributed by atoms with Gasteiger partial charge in [0.05, 0.1) is 5.92 Å². The van der Waals surface area contributed by atoms with E-state index in [4.69, 9.17) is 0 Å². The Labute approximate surface area is 270 Å². The zero-order chi connectivity index (χ0) is 33.8. The van der Waals surface area contributed by atoms with Crippen LogP contribution in [0.25, 0.3) is 11.1 Å². The lowest BCUT2D eigenvalue weighted by Gasteiger charge is -2.33. The van der Waals surface area contributed by atoms with Crippen LogP contribution < -0.4 is 9.47 Å². The van der Waals surface area contributed by atoms with Gasteiger partial charge in [0, 0.05) is 12.1 Å². The molecule has 0 atom stereocenters. The molecule has 2 aliphatic rings. The highest BCUT2D eigenvalue weighted by Crippen LogP contribution is 2.45. The van der Waals surface area contributed by atoms with Crippen LogP contribution in [0, 0.1) is 29.3 Å². The van der Waals surface area contributed by atoms with Gasteiger partial charge >= 0.3 is 12.5 Å². The average Bonchev–Trinajstić information content (AvgIpc) is 3.03. The summed E-state index contributed by atoms with van der Waals surface area (Å²) in [6, 6.07) is 13.8. The van der Waals surface area contributed by atoms with Crippen molar-refractivity contribution < 1.29 is 44.6 Å². The van der Waals surface area contributed by atoms with Crippen LogP contribution in [0.15, 0.2) is 54.6 Å². The van der Waals surface area contributed by atoms with Gasteiger partial charge in [0.25, 0.3) is 0 Å². The maximum Gasteiger partial charge on any atom is 0.573 e. The minimum atomic E-state index is -5.37. The smallest absolute Gasteiger partial charge is 0.432 e. The Bertz CT molecular complexity index is 1450. The fourth-order valence-corrected chi connectivity index (χ4v) is 7.24. The molecule has 3 aromatic rings. The number of benzene rings is 3. The van der Waals surface area contributed by atoms with Crippen LogP contribution in [0.3, 0.4) is 0 Å². The molecule has 2 aliphatic carbocycles. The molecule has 0 saturated heterocycles. The first-order chi connectivity index (χ1) is 22.3. The summed E-state index contributed by atoms with van der Waals surface area (Å²) >= 11 is 0. The molecule has 2 nitrogen and oxygen atoms in total. The number of ether oxygens (including phenoxy) is 2. The van der Waals surface area contributed by atoms with E-state index in [0.29, 0.717) is 11.5 Å². The van der Waals surface area contributed by atoms with Gasteiger partial charge in [-0.2, -0.15) is 8.78 Å². The number of hydrogen-bond acceptors (Lipinski definition) is 2. The summed E-state index contributed by atoms with van der Waals surface area (Å²) < 4.78 is 118. The zero-order valence-electron chi connectivity index (χ0n) is 26.3. The minimum absolute atomic E-state index is 0.0544. The van der Waals surface area contributed by atoms with Crippen LogP contribution in [0.5, 0.6) is 11.5 Å². The third-order valence-corrected chi connectivity index (χ3v) is 9.86. The number of halogens is 8. The van der Waals surface area contributed by atoms with Crippen molar-refractivity contribution in [3.05, 3.63) is 83.2 Å². The summed E-state index contributed by atoms with van der Waals surface area (Å²) in [5.41, 5.74) is 3.39. The van der Waals surface area contributed by atoms with Crippen molar-refractivity contribution in [1.29, 1.82) is 0 Å². The second-order valence-corrected chi connectivity index (χ2v) is 13.0. The second kappa shape index (κ2) is 14.9. The average molecular weight is 669 g/mol. The van der Waals surface area contributed by atoms with Crippen molar-refractivity contribution in [2.24, 2.45) is 11.8 Å². The van der Waals surface area contributed by atoms with Crippen molar-refractivity contribution >= 4 is 0 Å². The molecule has 256 valence electrons. The fraction of sp³-hybridized carbons (Fsp3) is 0.514. The number of rotatable bonds is 11. The van der Waals surface area contributed by atoms with Crippen LogP contribution >= 0.6 is 0 Å². The Morgan fingerprint density at radius 1 is 0.638 bits per heavy atom. The summed E-state index contributed by atoms with van der Waals surface area (Å²) in [6.45, 7) is 2.23. The lowest BCUT2D eigenvalue weighted by molar-refractivity contribution is -0.276. The van der Waals surface area contributed by atoms with Crippen molar-refractivity contribution in [3.8, 4) is 22.6 Å². The lowest BCUT2D eigenvalue weighted by Crippen LogP contribution is -2.37. The van der Waals surface area contributed by atoms with Crippen LogP contribution in [0.4, 0.5) is 35.1 Å². The first kappa shape index (κ1) is 35.0. The van der Waals surface area contributed by atoms with E-state index in [1.54, 1.807) is 6.07 Å². The number of alkyl halides is 5. The molecular formula is C37H40F8O2. The predicted octanol–water partition coefficient (Wildman–Crippen LogP) is 12.5. The van der Waals surface area contributed by atoms with E-state index >= 15 is 4.39 Å². The van der Waals surface area contributed by atoms with E-state index in [-0.39, 0.29) is 43.7 Å². The van der Waals surface area contributed by atoms with E-state index < -0.39 is 47.3 Å². The molecule has 47 heavy (non-hydrogen) atoms. The van der Waals surface area contributed by atoms with Gasteiger partial charge in [-0.15, -0.1) is 13.2 Å². The summed E-state index contributed by atoms with van der Waals surface area (Å²) in [7, 11) is 0. The normalized spacial score (nSPS) is 22.2. The largest absolute Gasteiger partial charge is 0.573 e. The van der Waals surface area contributed by atoms with E-state index in [9.17, 15) is 30.7 Å². The van der Waals surface area contributed by atoms with Crippen molar-refractivity contribution in [2.75, 3.05) is 0 Å². The molecule has 2 saturated carbocycles. The van der Waals surface area contributed by atoms with E-state index in [1.807, 2.05) is 18.2 Å². The van der Waals surface area contributed by atoms with E-state index in [0.717, 1.165) is 17.0 Å². The van der Waals surface area contributed by atoms with Gasteiger partial charge in [0.15, 0.2) is 11.6 Å². The maximum absolute atomic E-state index is 15.3. The first-order valence-electron chi connectivity index (χ1n) is 16.5. The fourth-order valence-electron chi connectivity index (χ4n) is 7.24. The molecule has 0 N–H and O–H groups in total. The minimum Gasteiger partial charge on any atom is -0.432 e. The van der Waals surface area contributed by atoms with Crippen molar-refractivity contribution in [3.63, 3.8) is 0 Å². The molecule has 0 spiro atoms. The highest BCUT2D eigenvalue weighted by atomic mass is 19.4.